The van der Waals surface area contributed by atoms with E-state index in [0.717, 1.165) is 27.7 Å². The Morgan fingerprint density at radius 2 is 2.35 bits per heavy atom. The molecule has 120 valence electrons. The highest BCUT2D eigenvalue weighted by Gasteiger charge is 2.10. The van der Waals surface area contributed by atoms with E-state index in [1.54, 1.807) is 13.3 Å². The number of hydrogen-bond acceptors (Lipinski definition) is 6. The molecule has 0 saturated heterocycles. The SMILES string of the molecule is CCn1ccnc1SCC(=O)Nc1nc2ccc(OC)cc2s1. The molecule has 8 heteroatoms. The maximum atomic E-state index is 12.1. The molecule has 0 aliphatic heterocycles. The molecular weight excluding hydrogens is 332 g/mol. The van der Waals surface area contributed by atoms with Crippen molar-refractivity contribution >= 4 is 44.4 Å². The number of rotatable bonds is 6. The minimum Gasteiger partial charge on any atom is -0.497 e. The van der Waals surface area contributed by atoms with E-state index in [1.807, 2.05) is 35.9 Å². The Bertz CT molecular complexity index is 828. The van der Waals surface area contributed by atoms with E-state index in [9.17, 15) is 4.79 Å². The van der Waals surface area contributed by atoms with Crippen LogP contribution in [0.3, 0.4) is 0 Å². The summed E-state index contributed by atoms with van der Waals surface area (Å²) >= 11 is 2.85. The molecule has 3 aromatic rings. The highest BCUT2D eigenvalue weighted by atomic mass is 32.2. The summed E-state index contributed by atoms with van der Waals surface area (Å²) < 4.78 is 8.18. The number of anilines is 1. The van der Waals surface area contributed by atoms with E-state index < -0.39 is 0 Å². The first-order chi connectivity index (χ1) is 11.2. The minimum atomic E-state index is -0.0910. The fourth-order valence-electron chi connectivity index (χ4n) is 2.05. The summed E-state index contributed by atoms with van der Waals surface area (Å²) in [5, 5.41) is 4.28. The zero-order chi connectivity index (χ0) is 16.2. The van der Waals surface area contributed by atoms with Crippen LogP contribution >= 0.6 is 23.1 Å². The molecule has 0 unspecified atom stereocenters. The van der Waals surface area contributed by atoms with Crippen LogP contribution in [-0.2, 0) is 11.3 Å². The van der Waals surface area contributed by atoms with Crippen molar-refractivity contribution in [2.24, 2.45) is 0 Å². The predicted molar refractivity (Wildman–Crippen MR) is 93.4 cm³/mol. The molecule has 6 nitrogen and oxygen atoms in total. The number of aromatic nitrogens is 3. The van der Waals surface area contributed by atoms with Gasteiger partial charge in [0.2, 0.25) is 5.91 Å². The Labute approximate surface area is 141 Å². The molecule has 0 atom stereocenters. The molecule has 1 amide bonds. The lowest BCUT2D eigenvalue weighted by Crippen LogP contribution is -2.14. The van der Waals surface area contributed by atoms with E-state index in [2.05, 4.69) is 15.3 Å². The van der Waals surface area contributed by atoms with Crippen molar-refractivity contribution in [3.05, 3.63) is 30.6 Å². The lowest BCUT2D eigenvalue weighted by Gasteiger charge is -2.03. The van der Waals surface area contributed by atoms with Gasteiger partial charge in [-0.05, 0) is 25.1 Å². The van der Waals surface area contributed by atoms with Crippen LogP contribution in [0.5, 0.6) is 5.75 Å². The maximum absolute atomic E-state index is 12.1. The second-order valence-corrected chi connectivity index (χ2v) is 6.66. The maximum Gasteiger partial charge on any atom is 0.236 e. The van der Waals surface area contributed by atoms with Gasteiger partial charge in [0.1, 0.15) is 5.75 Å². The summed E-state index contributed by atoms with van der Waals surface area (Å²) in [6.07, 6.45) is 3.64. The molecule has 3 rings (SSSR count). The predicted octanol–water partition coefficient (Wildman–Crippen LogP) is 3.25. The largest absolute Gasteiger partial charge is 0.497 e. The third-order valence-electron chi connectivity index (χ3n) is 3.19. The van der Waals surface area contributed by atoms with Gasteiger partial charge in [-0.1, -0.05) is 23.1 Å². The lowest BCUT2D eigenvalue weighted by atomic mass is 10.3. The van der Waals surface area contributed by atoms with Gasteiger partial charge in [0.25, 0.3) is 0 Å². The molecule has 1 N–H and O–H groups in total. The summed E-state index contributed by atoms with van der Waals surface area (Å²) in [5.41, 5.74) is 0.847. The van der Waals surface area contributed by atoms with Crippen molar-refractivity contribution in [3.63, 3.8) is 0 Å². The number of aryl methyl sites for hydroxylation is 1. The van der Waals surface area contributed by atoms with Crippen LogP contribution in [0.15, 0.2) is 35.7 Å². The molecule has 0 aliphatic carbocycles. The number of thioether (sulfide) groups is 1. The van der Waals surface area contributed by atoms with E-state index in [4.69, 9.17) is 4.74 Å². The number of thiazole rings is 1. The van der Waals surface area contributed by atoms with Crippen LogP contribution in [0.4, 0.5) is 5.13 Å². The van der Waals surface area contributed by atoms with E-state index >= 15 is 0 Å². The fraction of sp³-hybridized carbons (Fsp3) is 0.267. The molecule has 2 heterocycles. The van der Waals surface area contributed by atoms with Crippen LogP contribution in [-0.4, -0.2) is 33.3 Å². The third kappa shape index (κ3) is 3.65. The number of carbonyl (C=O) groups is 1. The van der Waals surface area contributed by atoms with Crippen molar-refractivity contribution in [2.45, 2.75) is 18.6 Å². The van der Waals surface area contributed by atoms with Gasteiger partial charge >= 0.3 is 0 Å². The number of carbonyl (C=O) groups excluding carboxylic acids is 1. The molecular formula is C15H16N4O2S2. The van der Waals surface area contributed by atoms with Crippen molar-refractivity contribution in [2.75, 3.05) is 18.2 Å². The number of nitrogens with one attached hydrogen (secondary N) is 1. The van der Waals surface area contributed by atoms with E-state index in [-0.39, 0.29) is 5.91 Å². The first kappa shape index (κ1) is 15.8. The zero-order valence-electron chi connectivity index (χ0n) is 12.8. The second-order valence-electron chi connectivity index (χ2n) is 4.69. The van der Waals surface area contributed by atoms with Crippen LogP contribution in [0.25, 0.3) is 10.2 Å². The summed E-state index contributed by atoms with van der Waals surface area (Å²) in [4.78, 5) is 20.7. The molecule has 0 aliphatic rings. The number of amides is 1. The Balaban J connectivity index is 1.63. The summed E-state index contributed by atoms with van der Waals surface area (Å²) in [6.45, 7) is 2.88. The quantitative estimate of drug-likeness (QED) is 0.693. The van der Waals surface area contributed by atoms with Crippen LogP contribution < -0.4 is 10.1 Å². The fourth-order valence-corrected chi connectivity index (χ4v) is 3.78. The second kappa shape index (κ2) is 7.01. The first-order valence-corrected chi connectivity index (χ1v) is 8.88. The molecule has 0 radical (unpaired) electrons. The summed E-state index contributed by atoms with van der Waals surface area (Å²) in [5.74, 6) is 0.989. The van der Waals surface area contributed by atoms with E-state index in [0.29, 0.717) is 10.9 Å². The molecule has 23 heavy (non-hydrogen) atoms. The standard InChI is InChI=1S/C15H16N4O2S2/c1-3-19-7-6-16-15(19)22-9-13(20)18-14-17-11-5-4-10(21-2)8-12(11)23-14/h4-8H,3,9H2,1-2H3,(H,17,18,20). The Kier molecular flexibility index (Phi) is 4.82. The van der Waals surface area contributed by atoms with Gasteiger partial charge < -0.3 is 14.6 Å². The van der Waals surface area contributed by atoms with Gasteiger partial charge in [-0.3, -0.25) is 4.79 Å². The number of methoxy groups -OCH3 is 1. The number of ether oxygens (including phenoxy) is 1. The average molecular weight is 348 g/mol. The molecule has 0 bridgehead atoms. The molecule has 0 spiro atoms. The van der Waals surface area contributed by atoms with Gasteiger partial charge in [-0.2, -0.15) is 0 Å². The van der Waals surface area contributed by atoms with Crippen LogP contribution in [0.1, 0.15) is 6.92 Å². The molecule has 2 aromatic heterocycles. The van der Waals surface area contributed by atoms with Crippen LogP contribution in [0.2, 0.25) is 0 Å². The molecule has 0 fully saturated rings. The highest BCUT2D eigenvalue weighted by molar-refractivity contribution is 7.99. The lowest BCUT2D eigenvalue weighted by molar-refractivity contribution is -0.113. The van der Waals surface area contributed by atoms with Crippen molar-refractivity contribution in [3.8, 4) is 5.75 Å². The normalized spacial score (nSPS) is 10.9. The van der Waals surface area contributed by atoms with Gasteiger partial charge in [0, 0.05) is 18.9 Å². The number of nitrogens with zero attached hydrogens (tertiary/aromatic N) is 3. The van der Waals surface area contributed by atoms with Gasteiger partial charge in [0.05, 0.1) is 23.1 Å². The highest BCUT2D eigenvalue weighted by Crippen LogP contribution is 2.29. The van der Waals surface area contributed by atoms with Crippen LogP contribution in [0, 0.1) is 0 Å². The Morgan fingerprint density at radius 3 is 3.13 bits per heavy atom. The third-order valence-corrected chi connectivity index (χ3v) is 5.13. The molecule has 1 aromatic carbocycles. The summed E-state index contributed by atoms with van der Waals surface area (Å²) in [6, 6.07) is 5.65. The topological polar surface area (TPSA) is 69.0 Å². The minimum absolute atomic E-state index is 0.0910. The van der Waals surface area contributed by atoms with Gasteiger partial charge in [-0.25, -0.2) is 9.97 Å². The number of benzene rings is 1. The van der Waals surface area contributed by atoms with E-state index in [1.165, 1.54) is 23.1 Å². The molecule has 0 saturated carbocycles. The number of hydrogen-bond donors (Lipinski definition) is 1. The monoisotopic (exact) mass is 348 g/mol. The number of imidazole rings is 1. The van der Waals surface area contributed by atoms with Gasteiger partial charge in [0.15, 0.2) is 10.3 Å². The number of fused-ring (bicyclic) bond motifs is 1. The van der Waals surface area contributed by atoms with Crippen molar-refractivity contribution in [1.29, 1.82) is 0 Å². The van der Waals surface area contributed by atoms with Crippen molar-refractivity contribution in [1.82, 2.24) is 14.5 Å². The first-order valence-electron chi connectivity index (χ1n) is 7.08. The van der Waals surface area contributed by atoms with Gasteiger partial charge in [-0.15, -0.1) is 0 Å². The Hall–Kier alpha value is -2.06. The smallest absolute Gasteiger partial charge is 0.236 e. The summed E-state index contributed by atoms with van der Waals surface area (Å²) in [7, 11) is 1.63. The zero-order valence-corrected chi connectivity index (χ0v) is 14.4. The Morgan fingerprint density at radius 1 is 1.48 bits per heavy atom. The van der Waals surface area contributed by atoms with Crippen molar-refractivity contribution < 1.29 is 9.53 Å². The average Bonchev–Trinajstić information content (AvgIpc) is 3.17.